The first-order valence-electron chi connectivity index (χ1n) is 5.24. The summed E-state index contributed by atoms with van der Waals surface area (Å²) >= 11 is 5.85. The highest BCUT2D eigenvalue weighted by Gasteiger charge is 2.16. The number of halogens is 1. The van der Waals surface area contributed by atoms with E-state index in [0.717, 1.165) is 10.7 Å². The van der Waals surface area contributed by atoms with E-state index < -0.39 is 0 Å². The molecule has 2 nitrogen and oxygen atoms in total. The first-order valence-corrected chi connectivity index (χ1v) is 5.62. The van der Waals surface area contributed by atoms with Crippen molar-refractivity contribution in [2.75, 3.05) is 18.5 Å². The van der Waals surface area contributed by atoms with Gasteiger partial charge in [-0.05, 0) is 30.2 Å². The van der Waals surface area contributed by atoms with Crippen molar-refractivity contribution in [1.29, 1.82) is 0 Å². The summed E-state index contributed by atoms with van der Waals surface area (Å²) in [6.07, 6.45) is 0. The second kappa shape index (κ2) is 5.38. The average Bonchev–Trinajstić information content (AvgIpc) is 2.19. The topological polar surface area (TPSA) is 29.3 Å². The van der Waals surface area contributed by atoms with E-state index in [4.69, 9.17) is 17.3 Å². The molecule has 0 spiro atoms. The van der Waals surface area contributed by atoms with Crippen molar-refractivity contribution in [2.45, 2.75) is 19.9 Å². The van der Waals surface area contributed by atoms with Crippen LogP contribution in [0.5, 0.6) is 0 Å². The zero-order valence-corrected chi connectivity index (χ0v) is 10.3. The van der Waals surface area contributed by atoms with Crippen molar-refractivity contribution in [2.24, 2.45) is 11.7 Å². The summed E-state index contributed by atoms with van der Waals surface area (Å²) in [5.41, 5.74) is 6.93. The Labute approximate surface area is 97.0 Å². The zero-order valence-electron chi connectivity index (χ0n) is 9.57. The second-order valence-electron chi connectivity index (χ2n) is 4.13. The molecule has 0 aliphatic carbocycles. The van der Waals surface area contributed by atoms with Crippen LogP contribution >= 0.6 is 11.6 Å². The van der Waals surface area contributed by atoms with Gasteiger partial charge in [0.1, 0.15) is 0 Å². The highest BCUT2D eigenvalue weighted by Crippen LogP contribution is 2.20. The van der Waals surface area contributed by atoms with E-state index in [2.05, 4.69) is 25.8 Å². The number of nitrogens with zero attached hydrogens (tertiary/aromatic N) is 1. The van der Waals surface area contributed by atoms with Gasteiger partial charge in [0.05, 0.1) is 0 Å². The molecule has 84 valence electrons. The summed E-state index contributed by atoms with van der Waals surface area (Å²) in [7, 11) is 2.07. The first-order chi connectivity index (χ1) is 7.06. The summed E-state index contributed by atoms with van der Waals surface area (Å²) in [6.45, 7) is 5.03. The van der Waals surface area contributed by atoms with Crippen molar-refractivity contribution in [1.82, 2.24) is 0 Å². The summed E-state index contributed by atoms with van der Waals surface area (Å²) in [4.78, 5) is 2.21. The Morgan fingerprint density at radius 3 is 2.20 bits per heavy atom. The minimum atomic E-state index is 0.367. The van der Waals surface area contributed by atoms with Gasteiger partial charge in [-0.2, -0.15) is 0 Å². The smallest absolute Gasteiger partial charge is 0.0431 e. The van der Waals surface area contributed by atoms with Crippen LogP contribution in [0.25, 0.3) is 0 Å². The van der Waals surface area contributed by atoms with E-state index in [1.165, 1.54) is 0 Å². The molecule has 1 aromatic rings. The molecule has 1 atom stereocenters. The Morgan fingerprint density at radius 1 is 1.27 bits per heavy atom. The van der Waals surface area contributed by atoms with Crippen LogP contribution in [0.3, 0.4) is 0 Å². The van der Waals surface area contributed by atoms with Gasteiger partial charge in [0.15, 0.2) is 0 Å². The molecule has 0 radical (unpaired) electrons. The number of benzene rings is 1. The summed E-state index contributed by atoms with van der Waals surface area (Å²) in [6, 6.07) is 8.22. The van der Waals surface area contributed by atoms with Crippen LogP contribution in [0.1, 0.15) is 13.8 Å². The Bertz CT molecular complexity index is 295. The fourth-order valence-electron chi connectivity index (χ4n) is 1.75. The van der Waals surface area contributed by atoms with Crippen molar-refractivity contribution in [3.63, 3.8) is 0 Å². The fraction of sp³-hybridized carbons (Fsp3) is 0.500. The molecule has 0 aromatic heterocycles. The standard InChI is InChI=1S/C12H19ClN2/c1-9(2)12(8-14)15(3)11-6-4-10(13)5-7-11/h4-7,9,12H,8,14H2,1-3H3. The third-order valence-corrected chi connectivity index (χ3v) is 2.99. The van der Waals surface area contributed by atoms with Crippen molar-refractivity contribution < 1.29 is 0 Å². The van der Waals surface area contributed by atoms with Gasteiger partial charge in [0.2, 0.25) is 0 Å². The lowest BCUT2D eigenvalue weighted by molar-refractivity contribution is 0.480. The maximum absolute atomic E-state index is 5.85. The van der Waals surface area contributed by atoms with Gasteiger partial charge in [0, 0.05) is 30.3 Å². The molecule has 0 aliphatic rings. The highest BCUT2D eigenvalue weighted by atomic mass is 35.5. The second-order valence-corrected chi connectivity index (χ2v) is 4.57. The molecule has 0 aliphatic heterocycles. The van der Waals surface area contributed by atoms with Crippen LogP contribution in [-0.2, 0) is 0 Å². The minimum absolute atomic E-state index is 0.367. The van der Waals surface area contributed by atoms with Gasteiger partial charge in [-0.25, -0.2) is 0 Å². The molecule has 1 aromatic carbocycles. The molecule has 3 heteroatoms. The van der Waals surface area contributed by atoms with Crippen LogP contribution in [0.4, 0.5) is 5.69 Å². The third kappa shape index (κ3) is 3.11. The van der Waals surface area contributed by atoms with E-state index in [0.29, 0.717) is 18.5 Å². The summed E-state index contributed by atoms with van der Waals surface area (Å²) in [5, 5.41) is 0.765. The summed E-state index contributed by atoms with van der Waals surface area (Å²) < 4.78 is 0. The first kappa shape index (κ1) is 12.3. The zero-order chi connectivity index (χ0) is 11.4. The third-order valence-electron chi connectivity index (χ3n) is 2.74. The number of likely N-dealkylation sites (N-methyl/N-ethyl adjacent to an activating group) is 1. The predicted octanol–water partition coefficient (Wildman–Crippen LogP) is 2.76. The van der Waals surface area contributed by atoms with Crippen molar-refractivity contribution in [3.05, 3.63) is 29.3 Å². The fourth-order valence-corrected chi connectivity index (χ4v) is 1.87. The molecule has 2 N–H and O–H groups in total. The maximum atomic E-state index is 5.85. The number of rotatable bonds is 4. The van der Waals surface area contributed by atoms with E-state index in [-0.39, 0.29) is 0 Å². The van der Waals surface area contributed by atoms with Crippen molar-refractivity contribution >= 4 is 17.3 Å². The van der Waals surface area contributed by atoms with Gasteiger partial charge in [-0.3, -0.25) is 0 Å². The van der Waals surface area contributed by atoms with Gasteiger partial charge in [-0.15, -0.1) is 0 Å². The van der Waals surface area contributed by atoms with E-state index in [1.807, 2.05) is 24.3 Å². The van der Waals surface area contributed by atoms with Crippen LogP contribution < -0.4 is 10.6 Å². The number of hydrogen-bond donors (Lipinski definition) is 1. The minimum Gasteiger partial charge on any atom is -0.370 e. The average molecular weight is 227 g/mol. The molecule has 1 rings (SSSR count). The molecule has 0 fully saturated rings. The molecule has 0 saturated heterocycles. The SMILES string of the molecule is CC(C)C(CN)N(C)c1ccc(Cl)cc1. The van der Waals surface area contributed by atoms with Gasteiger partial charge in [0.25, 0.3) is 0 Å². The molecule has 15 heavy (non-hydrogen) atoms. The van der Waals surface area contributed by atoms with Gasteiger partial charge >= 0.3 is 0 Å². The van der Waals surface area contributed by atoms with Gasteiger partial charge < -0.3 is 10.6 Å². The lowest BCUT2D eigenvalue weighted by Gasteiger charge is -2.32. The quantitative estimate of drug-likeness (QED) is 0.856. The Hall–Kier alpha value is -0.730. The van der Waals surface area contributed by atoms with Crippen LogP contribution in [0.2, 0.25) is 5.02 Å². The van der Waals surface area contributed by atoms with E-state index in [9.17, 15) is 0 Å². The van der Waals surface area contributed by atoms with E-state index >= 15 is 0 Å². The van der Waals surface area contributed by atoms with Crippen molar-refractivity contribution in [3.8, 4) is 0 Å². The lowest BCUT2D eigenvalue weighted by Crippen LogP contribution is -2.41. The van der Waals surface area contributed by atoms with E-state index in [1.54, 1.807) is 0 Å². The molecular weight excluding hydrogens is 208 g/mol. The number of anilines is 1. The molecule has 0 bridgehead atoms. The largest absolute Gasteiger partial charge is 0.370 e. The summed E-state index contributed by atoms with van der Waals surface area (Å²) in [5.74, 6) is 0.538. The molecular formula is C12H19ClN2. The Balaban J connectivity index is 2.82. The Kier molecular flexibility index (Phi) is 4.43. The molecule has 0 amide bonds. The predicted molar refractivity (Wildman–Crippen MR) is 67.5 cm³/mol. The van der Waals surface area contributed by atoms with Crippen LogP contribution in [-0.4, -0.2) is 19.6 Å². The maximum Gasteiger partial charge on any atom is 0.0431 e. The molecule has 0 heterocycles. The van der Waals surface area contributed by atoms with Crippen LogP contribution in [0.15, 0.2) is 24.3 Å². The Morgan fingerprint density at radius 2 is 1.80 bits per heavy atom. The molecule has 0 saturated carbocycles. The lowest BCUT2D eigenvalue weighted by atomic mass is 10.0. The number of hydrogen-bond acceptors (Lipinski definition) is 2. The highest BCUT2D eigenvalue weighted by molar-refractivity contribution is 6.30. The van der Waals surface area contributed by atoms with Crippen LogP contribution in [0, 0.1) is 5.92 Å². The molecule has 1 unspecified atom stereocenters. The van der Waals surface area contributed by atoms with Gasteiger partial charge in [-0.1, -0.05) is 25.4 Å². The number of nitrogens with two attached hydrogens (primary N) is 1. The monoisotopic (exact) mass is 226 g/mol. The normalized spacial score (nSPS) is 12.9.